The van der Waals surface area contributed by atoms with Crippen molar-refractivity contribution in [2.75, 3.05) is 33.0 Å². The monoisotopic (exact) mass is 318 g/mol. The number of benzene rings is 1. The topological polar surface area (TPSA) is 64.8 Å². The molecule has 20 heavy (non-hydrogen) atoms. The number of amides is 1. The Labute approximate surface area is 127 Å². The fourth-order valence-electron chi connectivity index (χ4n) is 2.25. The molecule has 1 aromatic rings. The van der Waals surface area contributed by atoms with Gasteiger partial charge in [-0.05, 0) is 12.1 Å². The van der Waals surface area contributed by atoms with Gasteiger partial charge in [0, 0.05) is 32.9 Å². The van der Waals surface area contributed by atoms with Crippen LogP contribution >= 0.6 is 23.2 Å². The van der Waals surface area contributed by atoms with E-state index in [2.05, 4.69) is 0 Å². The van der Waals surface area contributed by atoms with Gasteiger partial charge in [-0.3, -0.25) is 4.79 Å². The van der Waals surface area contributed by atoms with Crippen molar-refractivity contribution in [3.63, 3.8) is 0 Å². The van der Waals surface area contributed by atoms with Gasteiger partial charge in [-0.2, -0.15) is 0 Å². The number of rotatable bonds is 3. The summed E-state index contributed by atoms with van der Waals surface area (Å²) in [6.45, 7) is 0.931. The quantitative estimate of drug-likeness (QED) is 0.866. The molecule has 0 saturated carbocycles. The van der Waals surface area contributed by atoms with Gasteiger partial charge in [0.25, 0.3) is 5.91 Å². The van der Waals surface area contributed by atoms with E-state index in [9.17, 15) is 4.79 Å². The van der Waals surface area contributed by atoms with Crippen LogP contribution < -0.4 is 5.73 Å². The molecular formula is C13H16Cl2N2O3. The van der Waals surface area contributed by atoms with E-state index in [0.717, 1.165) is 0 Å². The van der Waals surface area contributed by atoms with Gasteiger partial charge in [0.15, 0.2) is 0 Å². The number of likely N-dealkylation sites (tertiary alicyclic amines) is 1. The average molecular weight is 319 g/mol. The maximum absolute atomic E-state index is 12.4. The number of ether oxygens (including phenoxy) is 2. The molecule has 1 aromatic carbocycles. The molecule has 1 saturated heterocycles. The summed E-state index contributed by atoms with van der Waals surface area (Å²) in [4.78, 5) is 14.1. The number of halogens is 2. The predicted octanol–water partition coefficient (Wildman–Crippen LogP) is 2.06. The molecule has 1 aliphatic heterocycles. The minimum Gasteiger partial charge on any atom is -0.396 e. The van der Waals surface area contributed by atoms with Crippen LogP contribution in [0.5, 0.6) is 0 Å². The first kappa shape index (κ1) is 15.4. The Hall–Kier alpha value is -1.01. The summed E-state index contributed by atoms with van der Waals surface area (Å²) >= 11 is 11.9. The minimum atomic E-state index is -0.171. The number of hydrogen-bond acceptors (Lipinski definition) is 4. The molecule has 1 amide bonds. The smallest absolute Gasteiger partial charge is 0.254 e. The predicted molar refractivity (Wildman–Crippen MR) is 78.4 cm³/mol. The lowest BCUT2D eigenvalue weighted by atomic mass is 10.2. The second kappa shape index (κ2) is 6.18. The summed E-state index contributed by atoms with van der Waals surface area (Å²) < 4.78 is 10.6. The molecule has 0 aromatic heterocycles. The lowest BCUT2D eigenvalue weighted by molar-refractivity contribution is -0.00461. The zero-order valence-electron chi connectivity index (χ0n) is 11.2. The summed E-state index contributed by atoms with van der Waals surface area (Å²) in [6.07, 6.45) is -0.271. The number of hydrogen-bond donors (Lipinski definition) is 1. The number of nitrogen functional groups attached to an aromatic ring is 1. The summed E-state index contributed by atoms with van der Waals surface area (Å²) in [5, 5.41) is 0.540. The lowest BCUT2D eigenvalue weighted by Crippen LogP contribution is -2.30. The molecule has 2 atom stereocenters. The van der Waals surface area contributed by atoms with Crippen molar-refractivity contribution < 1.29 is 14.3 Å². The van der Waals surface area contributed by atoms with Crippen LogP contribution in [0.4, 0.5) is 5.69 Å². The van der Waals surface area contributed by atoms with E-state index in [1.807, 2.05) is 0 Å². The molecule has 1 heterocycles. The molecule has 2 unspecified atom stereocenters. The van der Waals surface area contributed by atoms with Gasteiger partial charge in [-0.1, -0.05) is 23.2 Å². The molecule has 0 aliphatic carbocycles. The standard InChI is InChI=1S/C13H16Cl2N2O3/c1-19-10-5-17(6-11(10)20-2)13(18)7-3-8(14)12(16)9(15)4-7/h3-4,10-11H,5-6,16H2,1-2H3. The van der Waals surface area contributed by atoms with Crippen molar-refractivity contribution in [3.8, 4) is 0 Å². The van der Waals surface area contributed by atoms with E-state index < -0.39 is 0 Å². The molecular weight excluding hydrogens is 303 g/mol. The van der Waals surface area contributed by atoms with Gasteiger partial charge in [0.05, 0.1) is 15.7 Å². The number of nitrogens with zero attached hydrogens (tertiary/aromatic N) is 1. The maximum atomic E-state index is 12.4. The summed E-state index contributed by atoms with van der Waals surface area (Å²) in [7, 11) is 3.20. The van der Waals surface area contributed by atoms with Gasteiger partial charge in [0.2, 0.25) is 0 Å². The summed E-state index contributed by atoms with van der Waals surface area (Å²) in [5.74, 6) is -0.171. The number of methoxy groups -OCH3 is 2. The van der Waals surface area contributed by atoms with E-state index in [0.29, 0.717) is 18.7 Å². The van der Waals surface area contributed by atoms with E-state index >= 15 is 0 Å². The zero-order chi connectivity index (χ0) is 14.9. The molecule has 2 N–H and O–H groups in total. The molecule has 2 rings (SSSR count). The molecule has 7 heteroatoms. The highest BCUT2D eigenvalue weighted by molar-refractivity contribution is 6.39. The summed E-state index contributed by atoms with van der Waals surface area (Å²) in [5.41, 5.74) is 6.34. The Morgan fingerprint density at radius 3 is 2.05 bits per heavy atom. The first-order chi connectivity index (χ1) is 9.47. The van der Waals surface area contributed by atoms with E-state index in [4.69, 9.17) is 38.4 Å². The van der Waals surface area contributed by atoms with Gasteiger partial charge < -0.3 is 20.1 Å². The first-order valence-corrected chi connectivity index (χ1v) is 6.83. The van der Waals surface area contributed by atoms with Gasteiger partial charge in [-0.15, -0.1) is 0 Å². The molecule has 110 valence electrons. The third-order valence-electron chi connectivity index (χ3n) is 3.43. The number of carbonyl (C=O) groups excluding carboxylic acids is 1. The van der Waals surface area contributed by atoms with Gasteiger partial charge >= 0.3 is 0 Å². The Morgan fingerprint density at radius 1 is 1.20 bits per heavy atom. The largest absolute Gasteiger partial charge is 0.396 e. The van der Waals surface area contributed by atoms with Crippen LogP contribution in [0, 0.1) is 0 Å². The van der Waals surface area contributed by atoms with E-state index in [-0.39, 0.29) is 33.8 Å². The van der Waals surface area contributed by atoms with Crippen molar-refractivity contribution in [3.05, 3.63) is 27.7 Å². The number of anilines is 1. The fraction of sp³-hybridized carbons (Fsp3) is 0.462. The Bertz CT molecular complexity index is 489. The van der Waals surface area contributed by atoms with Crippen LogP contribution in [0.2, 0.25) is 10.0 Å². The molecule has 0 radical (unpaired) electrons. The maximum Gasteiger partial charge on any atom is 0.254 e. The summed E-state index contributed by atoms with van der Waals surface area (Å²) in [6, 6.07) is 3.04. The van der Waals surface area contributed by atoms with Crippen LogP contribution in [0.1, 0.15) is 10.4 Å². The van der Waals surface area contributed by atoms with Crippen LogP contribution in [0.25, 0.3) is 0 Å². The molecule has 5 nitrogen and oxygen atoms in total. The Morgan fingerprint density at radius 2 is 1.65 bits per heavy atom. The van der Waals surface area contributed by atoms with Gasteiger partial charge in [0.1, 0.15) is 12.2 Å². The second-order valence-corrected chi connectivity index (χ2v) is 5.43. The second-order valence-electron chi connectivity index (χ2n) is 4.61. The van der Waals surface area contributed by atoms with E-state index in [1.165, 1.54) is 12.1 Å². The SMILES string of the molecule is COC1CN(C(=O)c2cc(Cl)c(N)c(Cl)c2)CC1OC. The van der Waals surface area contributed by atoms with Crippen molar-refractivity contribution in [2.45, 2.75) is 12.2 Å². The third kappa shape index (κ3) is 2.86. The fourth-order valence-corrected chi connectivity index (χ4v) is 2.74. The lowest BCUT2D eigenvalue weighted by Gasteiger charge is -2.16. The minimum absolute atomic E-state index is 0.135. The highest BCUT2D eigenvalue weighted by Gasteiger charge is 2.36. The van der Waals surface area contributed by atoms with Crippen molar-refractivity contribution in [1.82, 2.24) is 4.90 Å². The van der Waals surface area contributed by atoms with Crippen LogP contribution in [-0.2, 0) is 9.47 Å². The molecule has 0 bridgehead atoms. The van der Waals surface area contributed by atoms with Crippen LogP contribution in [0.3, 0.4) is 0 Å². The van der Waals surface area contributed by atoms with Crippen molar-refractivity contribution >= 4 is 34.8 Å². The van der Waals surface area contributed by atoms with Gasteiger partial charge in [-0.25, -0.2) is 0 Å². The molecule has 1 aliphatic rings. The third-order valence-corrected chi connectivity index (χ3v) is 4.06. The normalized spacial score (nSPS) is 22.3. The Balaban J connectivity index is 2.20. The van der Waals surface area contributed by atoms with E-state index in [1.54, 1.807) is 19.1 Å². The average Bonchev–Trinajstić information content (AvgIpc) is 2.86. The highest BCUT2D eigenvalue weighted by Crippen LogP contribution is 2.30. The Kier molecular flexibility index (Phi) is 4.75. The number of nitrogens with two attached hydrogens (primary N) is 1. The number of carbonyl (C=O) groups is 1. The van der Waals surface area contributed by atoms with Crippen molar-refractivity contribution in [2.24, 2.45) is 0 Å². The molecule has 1 fully saturated rings. The van der Waals surface area contributed by atoms with Crippen LogP contribution in [-0.4, -0.2) is 50.3 Å². The van der Waals surface area contributed by atoms with Crippen LogP contribution in [0.15, 0.2) is 12.1 Å². The molecule has 0 spiro atoms. The first-order valence-electron chi connectivity index (χ1n) is 6.07. The highest BCUT2D eigenvalue weighted by atomic mass is 35.5. The van der Waals surface area contributed by atoms with Crippen molar-refractivity contribution in [1.29, 1.82) is 0 Å². The zero-order valence-corrected chi connectivity index (χ0v) is 12.7.